The van der Waals surface area contributed by atoms with E-state index in [1.165, 1.54) is 33.4 Å². The van der Waals surface area contributed by atoms with Gasteiger partial charge in [-0.25, -0.2) is 0 Å². The van der Waals surface area contributed by atoms with Crippen molar-refractivity contribution in [3.05, 3.63) is 247 Å². The Morgan fingerprint density at radius 3 is 1.63 bits per heavy atom. The summed E-state index contributed by atoms with van der Waals surface area (Å²) in [6, 6.07) is 81.3. The molecule has 1 heterocycles. The Bertz CT molecular complexity index is 3030. The van der Waals surface area contributed by atoms with E-state index in [4.69, 9.17) is 4.42 Å². The third-order valence-corrected chi connectivity index (χ3v) is 11.7. The fourth-order valence-corrected chi connectivity index (χ4v) is 9.32. The molecule has 1 aliphatic rings. The summed E-state index contributed by atoms with van der Waals surface area (Å²) >= 11 is 0. The minimum atomic E-state index is -0.494. The molecule has 0 bridgehead atoms. The minimum Gasteiger partial charge on any atom is -0.456 e. The van der Waals surface area contributed by atoms with Crippen molar-refractivity contribution < 1.29 is 4.42 Å². The number of furan rings is 1. The fraction of sp³-hybridized carbons (Fsp3) is 0.0182. The van der Waals surface area contributed by atoms with Gasteiger partial charge in [-0.1, -0.05) is 182 Å². The lowest BCUT2D eigenvalue weighted by Gasteiger charge is -2.34. The molecular weight excluding hydrogens is 691 g/mol. The Hall–Kier alpha value is -7.42. The maximum absolute atomic E-state index is 6.49. The fourth-order valence-electron chi connectivity index (χ4n) is 9.32. The molecule has 0 saturated heterocycles. The second kappa shape index (κ2) is 13.4. The van der Waals surface area contributed by atoms with Gasteiger partial charge in [-0.3, -0.25) is 0 Å². The predicted octanol–water partition coefficient (Wildman–Crippen LogP) is 14.8. The maximum Gasteiger partial charge on any atom is 0.136 e. The summed E-state index contributed by atoms with van der Waals surface area (Å²) in [5.41, 5.74) is 16.7. The van der Waals surface area contributed by atoms with Crippen LogP contribution in [-0.4, -0.2) is 0 Å². The molecule has 0 spiro atoms. The van der Waals surface area contributed by atoms with E-state index < -0.39 is 5.41 Å². The van der Waals surface area contributed by atoms with E-state index in [2.05, 4.69) is 223 Å². The topological polar surface area (TPSA) is 16.4 Å². The molecule has 1 aromatic heterocycles. The molecule has 0 saturated carbocycles. The van der Waals surface area contributed by atoms with Gasteiger partial charge in [-0.05, 0) is 87.0 Å². The number of rotatable bonds is 7. The van der Waals surface area contributed by atoms with Crippen LogP contribution in [0.15, 0.2) is 229 Å². The minimum absolute atomic E-state index is 0.494. The van der Waals surface area contributed by atoms with Crippen LogP contribution in [0.25, 0.3) is 55.3 Å². The second-order valence-corrected chi connectivity index (χ2v) is 14.8. The number of para-hydroxylation sites is 3. The molecule has 9 aromatic carbocycles. The average molecular weight is 728 g/mol. The molecule has 0 unspecified atom stereocenters. The summed E-state index contributed by atoms with van der Waals surface area (Å²) in [6.07, 6.45) is 0. The van der Waals surface area contributed by atoms with Crippen LogP contribution in [0.1, 0.15) is 22.3 Å². The van der Waals surface area contributed by atoms with Crippen molar-refractivity contribution in [3.63, 3.8) is 0 Å². The van der Waals surface area contributed by atoms with E-state index in [0.29, 0.717) is 0 Å². The molecule has 2 heteroatoms. The Balaban J connectivity index is 1.17. The third kappa shape index (κ3) is 5.18. The Morgan fingerprint density at radius 2 is 0.895 bits per heavy atom. The highest BCUT2D eigenvalue weighted by Gasteiger charge is 2.46. The summed E-state index contributed by atoms with van der Waals surface area (Å²) in [4.78, 5) is 2.43. The molecule has 0 aliphatic heterocycles. The molecule has 0 radical (unpaired) electrons. The Morgan fingerprint density at radius 1 is 0.333 bits per heavy atom. The summed E-state index contributed by atoms with van der Waals surface area (Å²) in [5, 5.41) is 2.19. The van der Waals surface area contributed by atoms with Gasteiger partial charge in [0.2, 0.25) is 0 Å². The highest BCUT2D eigenvalue weighted by atomic mass is 16.3. The van der Waals surface area contributed by atoms with Crippen molar-refractivity contribution in [2.24, 2.45) is 0 Å². The van der Waals surface area contributed by atoms with Crippen LogP contribution in [0.3, 0.4) is 0 Å². The molecular formula is C55H37NO. The van der Waals surface area contributed by atoms with Crippen molar-refractivity contribution in [3.8, 4) is 33.4 Å². The summed E-state index contributed by atoms with van der Waals surface area (Å²) in [5.74, 6) is 0. The SMILES string of the molecule is c1ccc(-c2cc3oc4ccccc4c3cc2N(c2ccccc2)c2ccccc2-c2cccc(C3(c4ccccc4)c4ccccc4-c4ccccc43)c2)cc1. The molecule has 0 amide bonds. The molecule has 268 valence electrons. The van der Waals surface area contributed by atoms with Gasteiger partial charge in [0.15, 0.2) is 0 Å². The first kappa shape index (κ1) is 33.0. The summed E-state index contributed by atoms with van der Waals surface area (Å²) in [6.45, 7) is 0. The van der Waals surface area contributed by atoms with Gasteiger partial charge >= 0.3 is 0 Å². The van der Waals surface area contributed by atoms with Gasteiger partial charge in [0.1, 0.15) is 11.2 Å². The number of nitrogens with zero attached hydrogens (tertiary/aromatic N) is 1. The van der Waals surface area contributed by atoms with Gasteiger partial charge in [0.05, 0.1) is 16.8 Å². The van der Waals surface area contributed by atoms with Gasteiger partial charge < -0.3 is 9.32 Å². The second-order valence-electron chi connectivity index (χ2n) is 14.8. The van der Waals surface area contributed by atoms with Crippen LogP contribution in [0.5, 0.6) is 0 Å². The number of fused-ring (bicyclic) bond motifs is 6. The van der Waals surface area contributed by atoms with Crippen molar-refractivity contribution in [1.82, 2.24) is 0 Å². The van der Waals surface area contributed by atoms with E-state index >= 15 is 0 Å². The van der Waals surface area contributed by atoms with Gasteiger partial charge in [0, 0.05) is 27.6 Å². The highest BCUT2D eigenvalue weighted by molar-refractivity contribution is 6.09. The normalized spacial score (nSPS) is 12.7. The number of hydrogen-bond acceptors (Lipinski definition) is 2. The van der Waals surface area contributed by atoms with Crippen LogP contribution < -0.4 is 4.90 Å². The van der Waals surface area contributed by atoms with E-state index in [0.717, 1.165) is 61.3 Å². The Labute approximate surface area is 332 Å². The smallest absolute Gasteiger partial charge is 0.136 e. The van der Waals surface area contributed by atoms with Crippen LogP contribution in [0.4, 0.5) is 17.1 Å². The summed E-state index contributed by atoms with van der Waals surface area (Å²) in [7, 11) is 0. The quantitative estimate of drug-likeness (QED) is 0.163. The van der Waals surface area contributed by atoms with Gasteiger partial charge in [0.25, 0.3) is 0 Å². The zero-order valence-corrected chi connectivity index (χ0v) is 31.2. The molecule has 10 aromatic rings. The average Bonchev–Trinajstić information content (AvgIpc) is 3.81. The summed E-state index contributed by atoms with van der Waals surface area (Å²) < 4.78 is 6.49. The highest BCUT2D eigenvalue weighted by Crippen LogP contribution is 2.56. The van der Waals surface area contributed by atoms with E-state index in [9.17, 15) is 0 Å². The standard InChI is InChI=1S/C55H37NO/c1-4-19-38(20-5-1)47-37-54-48(46-30-13-17-34-53(46)57-54)36-52(47)56(42-25-8-3-9-26-42)51-33-16-12-27-43(51)39-21-18-24-41(35-39)55(40-22-6-2-7-23-40)49-31-14-10-28-44(49)45-29-11-15-32-50(45)55/h1-37H. The van der Waals surface area contributed by atoms with Crippen LogP contribution in [0, 0.1) is 0 Å². The lowest BCUT2D eigenvalue weighted by molar-refractivity contribution is 0.669. The van der Waals surface area contributed by atoms with Crippen molar-refractivity contribution in [2.75, 3.05) is 4.90 Å². The Kier molecular flexibility index (Phi) is 7.75. The first-order chi connectivity index (χ1) is 28.3. The molecule has 11 rings (SSSR count). The molecule has 0 atom stereocenters. The largest absolute Gasteiger partial charge is 0.456 e. The van der Waals surface area contributed by atoms with Gasteiger partial charge in [-0.2, -0.15) is 0 Å². The third-order valence-electron chi connectivity index (χ3n) is 11.7. The van der Waals surface area contributed by atoms with Crippen molar-refractivity contribution in [2.45, 2.75) is 5.41 Å². The predicted molar refractivity (Wildman–Crippen MR) is 237 cm³/mol. The van der Waals surface area contributed by atoms with E-state index in [1.54, 1.807) is 0 Å². The lowest BCUT2D eigenvalue weighted by Crippen LogP contribution is -2.28. The first-order valence-corrected chi connectivity index (χ1v) is 19.6. The molecule has 0 N–H and O–H groups in total. The zero-order valence-electron chi connectivity index (χ0n) is 31.2. The van der Waals surface area contributed by atoms with E-state index in [-0.39, 0.29) is 0 Å². The van der Waals surface area contributed by atoms with Crippen LogP contribution in [-0.2, 0) is 5.41 Å². The zero-order chi connectivity index (χ0) is 37.8. The van der Waals surface area contributed by atoms with Crippen molar-refractivity contribution >= 4 is 39.0 Å². The molecule has 0 fully saturated rings. The monoisotopic (exact) mass is 727 g/mol. The first-order valence-electron chi connectivity index (χ1n) is 19.6. The molecule has 2 nitrogen and oxygen atoms in total. The number of hydrogen-bond donors (Lipinski definition) is 0. The molecule has 1 aliphatic carbocycles. The van der Waals surface area contributed by atoms with E-state index in [1.807, 2.05) is 6.07 Å². The van der Waals surface area contributed by atoms with Gasteiger partial charge in [-0.15, -0.1) is 0 Å². The lowest BCUT2D eigenvalue weighted by atomic mass is 9.67. The van der Waals surface area contributed by atoms with Crippen molar-refractivity contribution in [1.29, 1.82) is 0 Å². The molecule has 57 heavy (non-hydrogen) atoms. The number of anilines is 3. The number of benzene rings is 9. The van der Waals surface area contributed by atoms with Crippen LogP contribution >= 0.6 is 0 Å². The maximum atomic E-state index is 6.49. The van der Waals surface area contributed by atoms with Crippen LogP contribution in [0.2, 0.25) is 0 Å².